The van der Waals surface area contributed by atoms with E-state index in [1.165, 1.54) is 36.6 Å². The third kappa shape index (κ3) is 6.21. The number of amides is 2. The molecule has 9 heteroatoms. The minimum absolute atomic E-state index is 0.0305. The van der Waals surface area contributed by atoms with E-state index in [1.54, 1.807) is 6.07 Å². The Balaban J connectivity index is 1.58. The smallest absolute Gasteiger partial charge is 0.309 e. The molecule has 0 radical (unpaired) electrons. The topological polar surface area (TPSA) is 105 Å². The summed E-state index contributed by atoms with van der Waals surface area (Å²) in [6.07, 6.45) is 2.78. The number of hydrogen-bond donors (Lipinski definition) is 2. The molecule has 0 saturated heterocycles. The van der Waals surface area contributed by atoms with Crippen LogP contribution < -0.4 is 10.6 Å². The average molecular weight is 475 g/mol. The zero-order chi connectivity index (χ0) is 23.0. The van der Waals surface area contributed by atoms with Crippen LogP contribution in [0.3, 0.4) is 0 Å². The largest absolute Gasteiger partial charge is 0.468 e. The van der Waals surface area contributed by atoms with Gasteiger partial charge in [-0.1, -0.05) is 41.9 Å². The summed E-state index contributed by atoms with van der Waals surface area (Å²) in [5.41, 5.74) is 1.14. The maximum atomic E-state index is 13.1. The van der Waals surface area contributed by atoms with Crippen molar-refractivity contribution < 1.29 is 22.4 Å². The summed E-state index contributed by atoms with van der Waals surface area (Å²) < 4.78 is 31.5. The Labute approximate surface area is 191 Å². The van der Waals surface area contributed by atoms with E-state index in [0.29, 0.717) is 18.0 Å². The predicted molar refractivity (Wildman–Crippen MR) is 121 cm³/mol. The molecular formula is C23H23ClN2O5S. The Kier molecular flexibility index (Phi) is 8.08. The number of furan rings is 1. The van der Waals surface area contributed by atoms with Gasteiger partial charge < -0.3 is 15.1 Å². The highest BCUT2D eigenvalue weighted by Crippen LogP contribution is 2.29. The van der Waals surface area contributed by atoms with Crippen LogP contribution >= 0.6 is 11.6 Å². The highest BCUT2D eigenvalue weighted by molar-refractivity contribution is 7.91. The molecule has 2 N–H and O–H groups in total. The monoisotopic (exact) mass is 474 g/mol. The summed E-state index contributed by atoms with van der Waals surface area (Å²) in [5.74, 6) is -1.57. The lowest BCUT2D eigenvalue weighted by atomic mass is 10.1. The minimum Gasteiger partial charge on any atom is -0.468 e. The number of hydrogen-bond acceptors (Lipinski definition) is 5. The second kappa shape index (κ2) is 11.0. The normalized spacial score (nSPS) is 12.2. The lowest BCUT2D eigenvalue weighted by molar-refractivity contribution is -0.139. The minimum atomic E-state index is -3.91. The molecule has 7 nitrogen and oxygen atoms in total. The summed E-state index contributed by atoms with van der Waals surface area (Å²) >= 11 is 5.85. The number of halogens is 1. The van der Waals surface area contributed by atoms with Crippen molar-refractivity contribution in [1.29, 1.82) is 0 Å². The van der Waals surface area contributed by atoms with E-state index in [0.717, 1.165) is 12.0 Å². The maximum absolute atomic E-state index is 13.1. The van der Waals surface area contributed by atoms with Crippen molar-refractivity contribution in [1.82, 2.24) is 10.6 Å². The molecule has 3 rings (SSSR count). The van der Waals surface area contributed by atoms with Gasteiger partial charge in [-0.3, -0.25) is 9.59 Å². The number of nitrogens with one attached hydrogen (secondary N) is 2. The molecule has 32 heavy (non-hydrogen) atoms. The van der Waals surface area contributed by atoms with Gasteiger partial charge in [0.15, 0.2) is 9.84 Å². The first-order valence-electron chi connectivity index (χ1n) is 10.0. The van der Waals surface area contributed by atoms with Crippen molar-refractivity contribution in [2.24, 2.45) is 0 Å². The van der Waals surface area contributed by atoms with Crippen LogP contribution in [0.25, 0.3) is 0 Å². The standard InChI is InChI=1S/C23H23ClN2O5S/c24-18-10-12-19(13-11-18)32(29,30)21(20-9-5-15-31-20)16-26-23(28)22(27)25-14-4-8-17-6-2-1-3-7-17/h1-3,5-7,9-13,15,21H,4,8,14,16H2,(H,25,27)(H,26,28). The quantitative estimate of drug-likeness (QED) is 0.365. The first-order valence-corrected chi connectivity index (χ1v) is 11.9. The van der Waals surface area contributed by atoms with Crippen LogP contribution in [-0.2, 0) is 25.8 Å². The van der Waals surface area contributed by atoms with Crippen LogP contribution in [0.15, 0.2) is 82.3 Å². The average Bonchev–Trinajstić information content (AvgIpc) is 3.32. The number of carbonyl (C=O) groups excluding carboxylic acids is 2. The van der Waals surface area contributed by atoms with Gasteiger partial charge in [0.2, 0.25) is 0 Å². The highest BCUT2D eigenvalue weighted by Gasteiger charge is 2.32. The van der Waals surface area contributed by atoms with Gasteiger partial charge in [-0.15, -0.1) is 0 Å². The van der Waals surface area contributed by atoms with Crippen molar-refractivity contribution in [3.8, 4) is 0 Å². The fourth-order valence-electron chi connectivity index (χ4n) is 3.11. The molecule has 0 bridgehead atoms. The molecule has 1 unspecified atom stereocenters. The summed E-state index contributed by atoms with van der Waals surface area (Å²) in [5, 5.41) is 4.15. The Bertz CT molecular complexity index is 1130. The first-order chi connectivity index (χ1) is 15.4. The highest BCUT2D eigenvalue weighted by atomic mass is 35.5. The zero-order valence-corrected chi connectivity index (χ0v) is 18.7. The number of sulfone groups is 1. The van der Waals surface area contributed by atoms with Gasteiger partial charge in [-0.05, 0) is 54.8 Å². The summed E-state index contributed by atoms with van der Waals surface area (Å²) in [4.78, 5) is 24.4. The van der Waals surface area contributed by atoms with Gasteiger partial charge >= 0.3 is 11.8 Å². The van der Waals surface area contributed by atoms with Crippen molar-refractivity contribution in [2.75, 3.05) is 13.1 Å². The molecule has 0 fully saturated rings. The van der Waals surface area contributed by atoms with Crippen LogP contribution in [0.2, 0.25) is 5.02 Å². The predicted octanol–water partition coefficient (Wildman–Crippen LogP) is 3.31. The molecule has 0 aliphatic carbocycles. The third-order valence-electron chi connectivity index (χ3n) is 4.80. The number of aryl methyl sites for hydroxylation is 1. The second-order valence-electron chi connectivity index (χ2n) is 7.06. The number of rotatable bonds is 9. The lowest BCUT2D eigenvalue weighted by Crippen LogP contribution is -2.42. The van der Waals surface area contributed by atoms with Gasteiger partial charge in [-0.25, -0.2) is 8.42 Å². The van der Waals surface area contributed by atoms with Gasteiger partial charge in [0.05, 0.1) is 11.2 Å². The summed E-state index contributed by atoms with van der Waals surface area (Å²) in [6.45, 7) is 0.000571. The van der Waals surface area contributed by atoms with E-state index in [2.05, 4.69) is 10.6 Å². The van der Waals surface area contributed by atoms with Crippen LogP contribution in [0.1, 0.15) is 23.0 Å². The molecule has 1 heterocycles. The molecule has 1 aromatic heterocycles. The fourth-order valence-corrected chi connectivity index (χ4v) is 4.82. The third-order valence-corrected chi connectivity index (χ3v) is 7.13. The van der Waals surface area contributed by atoms with E-state index < -0.39 is 26.9 Å². The molecule has 0 aliphatic heterocycles. The van der Waals surface area contributed by atoms with Gasteiger partial charge in [-0.2, -0.15) is 0 Å². The van der Waals surface area contributed by atoms with Crippen LogP contribution in [0.5, 0.6) is 0 Å². The molecule has 3 aromatic rings. The molecular weight excluding hydrogens is 452 g/mol. The van der Waals surface area contributed by atoms with Crippen molar-refractivity contribution >= 4 is 33.3 Å². The van der Waals surface area contributed by atoms with Gasteiger partial charge in [0.25, 0.3) is 0 Å². The number of benzene rings is 2. The van der Waals surface area contributed by atoms with Crippen LogP contribution in [0.4, 0.5) is 0 Å². The molecule has 2 aromatic carbocycles. The summed E-state index contributed by atoms with van der Waals surface area (Å²) in [6, 6.07) is 18.6. The van der Waals surface area contributed by atoms with Crippen molar-refractivity contribution in [3.63, 3.8) is 0 Å². The number of carbonyl (C=O) groups is 2. The molecule has 0 aliphatic rings. The maximum Gasteiger partial charge on any atom is 0.309 e. The van der Waals surface area contributed by atoms with Crippen molar-refractivity contribution in [2.45, 2.75) is 23.0 Å². The van der Waals surface area contributed by atoms with E-state index in [4.69, 9.17) is 16.0 Å². The van der Waals surface area contributed by atoms with Gasteiger partial charge in [0, 0.05) is 18.1 Å². The van der Waals surface area contributed by atoms with Crippen LogP contribution in [0, 0.1) is 0 Å². The van der Waals surface area contributed by atoms with E-state index >= 15 is 0 Å². The molecule has 0 spiro atoms. The Morgan fingerprint density at radius 1 is 0.906 bits per heavy atom. The molecule has 1 atom stereocenters. The SMILES string of the molecule is O=C(NCCCc1ccccc1)C(=O)NCC(c1ccco1)S(=O)(=O)c1ccc(Cl)cc1. The van der Waals surface area contributed by atoms with Crippen LogP contribution in [-0.4, -0.2) is 33.3 Å². The zero-order valence-electron chi connectivity index (χ0n) is 17.2. The van der Waals surface area contributed by atoms with E-state index in [-0.39, 0.29) is 17.2 Å². The second-order valence-corrected chi connectivity index (χ2v) is 9.62. The Hall–Kier alpha value is -3.10. The molecule has 2 amide bonds. The Morgan fingerprint density at radius 3 is 2.25 bits per heavy atom. The molecule has 168 valence electrons. The lowest BCUT2D eigenvalue weighted by Gasteiger charge is -2.16. The first kappa shape index (κ1) is 23.6. The van der Waals surface area contributed by atoms with E-state index in [1.807, 2.05) is 30.3 Å². The van der Waals surface area contributed by atoms with E-state index in [9.17, 15) is 18.0 Å². The van der Waals surface area contributed by atoms with Crippen molar-refractivity contribution in [3.05, 3.63) is 89.3 Å². The fraction of sp³-hybridized carbons (Fsp3) is 0.217. The Morgan fingerprint density at radius 2 is 1.59 bits per heavy atom. The van der Waals surface area contributed by atoms with Gasteiger partial charge in [0.1, 0.15) is 11.0 Å². The molecule has 0 saturated carbocycles. The summed E-state index contributed by atoms with van der Waals surface area (Å²) in [7, 11) is -3.91.